The molecule has 0 bridgehead atoms. The lowest BCUT2D eigenvalue weighted by molar-refractivity contribution is -0.157. The molecule has 2 unspecified atom stereocenters. The number of ether oxygens (including phenoxy) is 1. The van der Waals surface area contributed by atoms with E-state index < -0.39 is 17.6 Å². The number of hydrogen-bond donors (Lipinski definition) is 1. The van der Waals surface area contributed by atoms with Crippen LogP contribution in [0.3, 0.4) is 0 Å². The molecule has 1 aromatic rings. The van der Waals surface area contributed by atoms with Crippen molar-refractivity contribution < 1.29 is 9.53 Å². The number of hydrogen-bond acceptors (Lipinski definition) is 4. The molecule has 17 heavy (non-hydrogen) atoms. The highest BCUT2D eigenvalue weighted by molar-refractivity contribution is 5.76. The van der Waals surface area contributed by atoms with E-state index >= 15 is 0 Å². The van der Waals surface area contributed by atoms with Crippen molar-refractivity contribution in [2.45, 2.75) is 52.3 Å². The van der Waals surface area contributed by atoms with Gasteiger partial charge < -0.3 is 10.5 Å². The van der Waals surface area contributed by atoms with Crippen LogP contribution >= 0.6 is 0 Å². The van der Waals surface area contributed by atoms with Crippen molar-refractivity contribution in [2.75, 3.05) is 0 Å². The number of nitrogens with two attached hydrogens (primary N) is 1. The van der Waals surface area contributed by atoms with Crippen LogP contribution in [-0.2, 0) is 9.53 Å². The molecule has 1 aromatic heterocycles. The van der Waals surface area contributed by atoms with E-state index in [1.807, 2.05) is 40.8 Å². The Hall–Kier alpha value is -1.36. The first-order valence-electron chi connectivity index (χ1n) is 5.70. The van der Waals surface area contributed by atoms with Gasteiger partial charge in [-0.15, -0.1) is 0 Å². The van der Waals surface area contributed by atoms with Crippen molar-refractivity contribution >= 4 is 5.97 Å². The van der Waals surface area contributed by atoms with Crippen molar-refractivity contribution in [3.05, 3.63) is 18.0 Å². The Morgan fingerprint density at radius 2 is 2.12 bits per heavy atom. The highest BCUT2D eigenvalue weighted by atomic mass is 16.6. The van der Waals surface area contributed by atoms with Crippen LogP contribution in [0.15, 0.2) is 12.4 Å². The zero-order valence-corrected chi connectivity index (χ0v) is 11.1. The number of nitrogens with zero attached hydrogens (tertiary/aromatic N) is 2. The number of carbonyl (C=O) groups excluding carboxylic acids is 1. The van der Waals surface area contributed by atoms with Gasteiger partial charge in [-0.05, 0) is 40.2 Å². The molecule has 0 aliphatic heterocycles. The maximum absolute atomic E-state index is 11.8. The van der Waals surface area contributed by atoms with Gasteiger partial charge in [0.05, 0.1) is 12.2 Å². The summed E-state index contributed by atoms with van der Waals surface area (Å²) in [7, 11) is 0. The van der Waals surface area contributed by atoms with Crippen LogP contribution in [0.25, 0.3) is 0 Å². The Kier molecular flexibility index (Phi) is 3.93. The second-order valence-electron chi connectivity index (χ2n) is 5.30. The Morgan fingerprint density at radius 1 is 1.53 bits per heavy atom. The normalized spacial score (nSPS) is 15.4. The maximum Gasteiger partial charge on any atom is 0.325 e. The van der Waals surface area contributed by atoms with Crippen molar-refractivity contribution in [2.24, 2.45) is 5.73 Å². The average molecular weight is 239 g/mol. The predicted molar refractivity (Wildman–Crippen MR) is 65.5 cm³/mol. The van der Waals surface area contributed by atoms with E-state index in [4.69, 9.17) is 10.5 Å². The standard InChI is InChI=1S/C12H21N3O2/c1-8-6-14-15(7-8)9(2)10(13)11(16)17-12(3,4)5/h6-7,9-10H,13H2,1-5H3. The molecule has 0 aromatic carbocycles. The van der Waals surface area contributed by atoms with Crippen LogP contribution in [-0.4, -0.2) is 27.4 Å². The minimum absolute atomic E-state index is 0.224. The highest BCUT2D eigenvalue weighted by Crippen LogP contribution is 2.14. The van der Waals surface area contributed by atoms with E-state index in [1.54, 1.807) is 10.9 Å². The summed E-state index contributed by atoms with van der Waals surface area (Å²) in [6.45, 7) is 9.25. The lowest BCUT2D eigenvalue weighted by Crippen LogP contribution is -2.42. The SMILES string of the molecule is Cc1cnn(C(C)C(N)C(=O)OC(C)(C)C)c1. The number of aryl methyl sites for hydroxylation is 1. The number of rotatable bonds is 3. The molecule has 0 aliphatic carbocycles. The van der Waals surface area contributed by atoms with E-state index in [9.17, 15) is 4.79 Å². The molecule has 0 fully saturated rings. The molecule has 2 N–H and O–H groups in total. The Labute approximate surface area is 102 Å². The van der Waals surface area contributed by atoms with Crippen molar-refractivity contribution in [3.8, 4) is 0 Å². The lowest BCUT2D eigenvalue weighted by Gasteiger charge is -2.25. The molecule has 0 aliphatic rings. The third-order valence-electron chi connectivity index (χ3n) is 2.35. The lowest BCUT2D eigenvalue weighted by atomic mass is 10.1. The fourth-order valence-electron chi connectivity index (χ4n) is 1.39. The number of carbonyl (C=O) groups is 1. The second-order valence-corrected chi connectivity index (χ2v) is 5.30. The van der Waals surface area contributed by atoms with Crippen molar-refractivity contribution in [1.29, 1.82) is 0 Å². The molecule has 1 heterocycles. The minimum Gasteiger partial charge on any atom is -0.459 e. The summed E-state index contributed by atoms with van der Waals surface area (Å²) >= 11 is 0. The Bertz CT molecular complexity index is 393. The number of aromatic nitrogens is 2. The first kappa shape index (κ1) is 13.7. The van der Waals surface area contributed by atoms with Crippen LogP contribution in [0.1, 0.15) is 39.3 Å². The molecular weight excluding hydrogens is 218 g/mol. The van der Waals surface area contributed by atoms with Gasteiger partial charge >= 0.3 is 5.97 Å². The molecule has 5 nitrogen and oxygen atoms in total. The Balaban J connectivity index is 2.70. The molecule has 0 spiro atoms. The van der Waals surface area contributed by atoms with Crippen molar-refractivity contribution in [1.82, 2.24) is 9.78 Å². The monoisotopic (exact) mass is 239 g/mol. The second kappa shape index (κ2) is 4.87. The van der Waals surface area contributed by atoms with Gasteiger partial charge in [-0.25, -0.2) is 0 Å². The summed E-state index contributed by atoms with van der Waals surface area (Å²) in [5, 5.41) is 4.14. The summed E-state index contributed by atoms with van der Waals surface area (Å²) in [5.74, 6) is -0.404. The molecular formula is C12H21N3O2. The van der Waals surface area contributed by atoms with Gasteiger partial charge in [-0.3, -0.25) is 9.48 Å². The van der Waals surface area contributed by atoms with E-state index in [0.29, 0.717) is 0 Å². The van der Waals surface area contributed by atoms with Gasteiger partial charge in [0.25, 0.3) is 0 Å². The maximum atomic E-state index is 11.8. The summed E-state index contributed by atoms with van der Waals surface area (Å²) in [5.41, 5.74) is 6.39. The summed E-state index contributed by atoms with van der Waals surface area (Å²) in [6, 6.07) is -0.938. The Morgan fingerprint density at radius 3 is 2.53 bits per heavy atom. The van der Waals surface area contributed by atoms with Gasteiger partial charge in [-0.1, -0.05) is 0 Å². The van der Waals surface area contributed by atoms with Crippen LogP contribution < -0.4 is 5.73 Å². The largest absolute Gasteiger partial charge is 0.459 e. The zero-order valence-electron chi connectivity index (χ0n) is 11.1. The van der Waals surface area contributed by atoms with Gasteiger partial charge in [0.2, 0.25) is 0 Å². The molecule has 96 valence electrons. The smallest absolute Gasteiger partial charge is 0.325 e. The fraction of sp³-hybridized carbons (Fsp3) is 0.667. The third kappa shape index (κ3) is 3.85. The predicted octanol–water partition coefficient (Wildman–Crippen LogP) is 1.42. The van der Waals surface area contributed by atoms with Gasteiger partial charge in [0, 0.05) is 6.20 Å². The third-order valence-corrected chi connectivity index (χ3v) is 2.35. The molecule has 0 saturated heterocycles. The molecule has 2 atom stereocenters. The van der Waals surface area contributed by atoms with E-state index in [-0.39, 0.29) is 6.04 Å². The first-order valence-corrected chi connectivity index (χ1v) is 5.70. The average Bonchev–Trinajstić information content (AvgIpc) is 2.60. The number of esters is 1. The topological polar surface area (TPSA) is 70.1 Å². The zero-order chi connectivity index (χ0) is 13.2. The summed E-state index contributed by atoms with van der Waals surface area (Å²) < 4.78 is 6.93. The quantitative estimate of drug-likeness (QED) is 0.810. The van der Waals surface area contributed by atoms with Crippen LogP contribution in [0, 0.1) is 6.92 Å². The molecule has 1 rings (SSSR count). The molecule has 0 amide bonds. The van der Waals surface area contributed by atoms with E-state index in [1.165, 1.54) is 0 Å². The van der Waals surface area contributed by atoms with Crippen LogP contribution in [0.2, 0.25) is 0 Å². The molecule has 0 saturated carbocycles. The van der Waals surface area contributed by atoms with Crippen LogP contribution in [0.4, 0.5) is 0 Å². The first-order chi connectivity index (χ1) is 7.70. The highest BCUT2D eigenvalue weighted by Gasteiger charge is 2.27. The van der Waals surface area contributed by atoms with Crippen molar-refractivity contribution in [3.63, 3.8) is 0 Å². The van der Waals surface area contributed by atoms with E-state index in [0.717, 1.165) is 5.56 Å². The fourth-order valence-corrected chi connectivity index (χ4v) is 1.39. The molecule has 5 heteroatoms. The van der Waals surface area contributed by atoms with E-state index in [2.05, 4.69) is 5.10 Å². The van der Waals surface area contributed by atoms with Gasteiger partial charge in [0.15, 0.2) is 0 Å². The summed E-state index contributed by atoms with van der Waals surface area (Å²) in [6.07, 6.45) is 3.59. The minimum atomic E-state index is -0.714. The summed E-state index contributed by atoms with van der Waals surface area (Å²) in [4.78, 5) is 11.8. The molecule has 0 radical (unpaired) electrons. The van der Waals surface area contributed by atoms with Gasteiger partial charge in [0.1, 0.15) is 11.6 Å². The van der Waals surface area contributed by atoms with Gasteiger partial charge in [-0.2, -0.15) is 5.10 Å². The van der Waals surface area contributed by atoms with Crippen LogP contribution in [0.5, 0.6) is 0 Å².